The fourth-order valence-electron chi connectivity index (χ4n) is 1.17. The first kappa shape index (κ1) is 12.0. The summed E-state index contributed by atoms with van der Waals surface area (Å²) in [5.41, 5.74) is 6.59. The Kier molecular flexibility index (Phi) is 7.07. The van der Waals surface area contributed by atoms with Crippen LogP contribution in [-0.2, 0) is 0 Å². The highest BCUT2D eigenvalue weighted by atomic mass is 15.4. The van der Waals surface area contributed by atoms with Crippen LogP contribution in [0, 0.1) is 0 Å². The van der Waals surface area contributed by atoms with Gasteiger partial charge in [-0.2, -0.15) is 5.10 Å². The van der Waals surface area contributed by atoms with Gasteiger partial charge in [-0.25, -0.2) is 0 Å². The first-order chi connectivity index (χ1) is 6.29. The maximum Gasteiger partial charge on any atom is 0.0521 e. The first-order valence-electron chi connectivity index (χ1n) is 4.95. The molecule has 76 valence electrons. The Labute approximate surface area is 81.3 Å². The molecule has 0 aromatic rings. The van der Waals surface area contributed by atoms with Crippen molar-refractivity contribution in [1.82, 2.24) is 5.01 Å². The monoisotopic (exact) mass is 183 g/mol. The van der Waals surface area contributed by atoms with Gasteiger partial charge in [-0.05, 0) is 12.8 Å². The molecule has 2 N–H and O–H groups in total. The third-order valence-corrected chi connectivity index (χ3v) is 1.92. The van der Waals surface area contributed by atoms with Gasteiger partial charge in [0.25, 0.3) is 0 Å². The molecule has 0 spiro atoms. The number of allylic oxidation sites excluding steroid dienone is 1. The van der Waals surface area contributed by atoms with Crippen LogP contribution in [0.4, 0.5) is 0 Å². The van der Waals surface area contributed by atoms with Crippen LogP contribution in [0.5, 0.6) is 0 Å². The van der Waals surface area contributed by atoms with Gasteiger partial charge in [-0.1, -0.05) is 26.7 Å². The third kappa shape index (κ3) is 4.55. The molecule has 0 radical (unpaired) electrons. The fourth-order valence-corrected chi connectivity index (χ4v) is 1.17. The number of nitrogens with two attached hydrogens (primary N) is 1. The van der Waals surface area contributed by atoms with Gasteiger partial charge in [0.2, 0.25) is 0 Å². The van der Waals surface area contributed by atoms with Crippen molar-refractivity contribution in [2.45, 2.75) is 39.5 Å². The minimum absolute atomic E-state index is 0.920. The lowest BCUT2D eigenvalue weighted by Crippen LogP contribution is -2.18. The number of hydrogen-bond donors (Lipinski definition) is 1. The number of nitrogens with zero attached hydrogens (tertiary/aromatic N) is 2. The van der Waals surface area contributed by atoms with Gasteiger partial charge >= 0.3 is 0 Å². The van der Waals surface area contributed by atoms with Gasteiger partial charge in [-0.15, -0.1) is 0 Å². The van der Waals surface area contributed by atoms with Crippen LogP contribution in [0.1, 0.15) is 39.5 Å². The zero-order valence-electron chi connectivity index (χ0n) is 8.79. The van der Waals surface area contributed by atoms with Crippen molar-refractivity contribution < 1.29 is 0 Å². The molecule has 13 heavy (non-hydrogen) atoms. The number of rotatable bonds is 7. The predicted octanol–water partition coefficient (Wildman–Crippen LogP) is 2.30. The standard InChI is InChI=1S/C10H21N3/c1-4-6-8-13(12-3)10(9-11)7-5-2/h9H,3-8,11H2,1-2H3/b10-9-. The van der Waals surface area contributed by atoms with Crippen LogP contribution in [0.25, 0.3) is 0 Å². The van der Waals surface area contributed by atoms with E-state index in [0.717, 1.165) is 37.9 Å². The van der Waals surface area contributed by atoms with Gasteiger partial charge < -0.3 is 5.73 Å². The lowest BCUT2D eigenvalue weighted by molar-refractivity contribution is 0.344. The van der Waals surface area contributed by atoms with Crippen molar-refractivity contribution in [3.05, 3.63) is 11.9 Å². The molecule has 0 aliphatic heterocycles. The molecular weight excluding hydrogens is 162 g/mol. The Bertz CT molecular complexity index is 164. The molecule has 0 aromatic carbocycles. The van der Waals surface area contributed by atoms with E-state index in [0.29, 0.717) is 0 Å². The molecule has 0 aromatic heterocycles. The van der Waals surface area contributed by atoms with Crippen molar-refractivity contribution in [3.8, 4) is 0 Å². The molecule has 0 unspecified atom stereocenters. The molecule has 3 nitrogen and oxygen atoms in total. The summed E-state index contributed by atoms with van der Waals surface area (Å²) in [5.74, 6) is 0. The van der Waals surface area contributed by atoms with Gasteiger partial charge in [-0.3, -0.25) is 5.01 Å². The van der Waals surface area contributed by atoms with Crippen LogP contribution in [0.2, 0.25) is 0 Å². The second-order valence-electron chi connectivity index (χ2n) is 3.03. The van der Waals surface area contributed by atoms with Gasteiger partial charge in [0.05, 0.1) is 5.70 Å². The molecule has 0 bridgehead atoms. The topological polar surface area (TPSA) is 41.6 Å². The summed E-state index contributed by atoms with van der Waals surface area (Å²) in [6.07, 6.45) is 5.98. The van der Waals surface area contributed by atoms with Crippen LogP contribution in [0.15, 0.2) is 17.0 Å². The summed E-state index contributed by atoms with van der Waals surface area (Å²) in [5, 5.41) is 5.85. The summed E-state index contributed by atoms with van der Waals surface area (Å²) >= 11 is 0. The molecular formula is C10H21N3. The molecule has 3 heteroatoms. The Morgan fingerprint density at radius 1 is 1.46 bits per heavy atom. The van der Waals surface area contributed by atoms with Crippen molar-refractivity contribution in [1.29, 1.82) is 0 Å². The highest BCUT2D eigenvalue weighted by Gasteiger charge is 2.04. The molecule has 0 heterocycles. The molecule has 0 aliphatic carbocycles. The fraction of sp³-hybridized carbons (Fsp3) is 0.700. The van der Waals surface area contributed by atoms with Crippen LogP contribution in [-0.4, -0.2) is 18.3 Å². The summed E-state index contributed by atoms with van der Waals surface area (Å²) in [6.45, 7) is 8.75. The second-order valence-corrected chi connectivity index (χ2v) is 3.03. The molecule has 0 saturated heterocycles. The highest BCUT2D eigenvalue weighted by molar-refractivity contribution is 5.23. The summed E-state index contributed by atoms with van der Waals surface area (Å²) in [4.78, 5) is 0. The molecule has 0 fully saturated rings. The minimum atomic E-state index is 0.920. The Morgan fingerprint density at radius 3 is 2.54 bits per heavy atom. The van der Waals surface area contributed by atoms with E-state index in [1.54, 1.807) is 6.20 Å². The molecule has 0 atom stereocenters. The maximum absolute atomic E-state index is 5.52. The van der Waals surface area contributed by atoms with E-state index in [1.807, 2.05) is 5.01 Å². The van der Waals surface area contributed by atoms with Gasteiger partial charge in [0.15, 0.2) is 0 Å². The molecule has 0 rings (SSSR count). The lowest BCUT2D eigenvalue weighted by Gasteiger charge is -2.20. The van der Waals surface area contributed by atoms with Crippen LogP contribution >= 0.6 is 0 Å². The predicted molar refractivity (Wildman–Crippen MR) is 58.3 cm³/mol. The van der Waals surface area contributed by atoms with E-state index in [4.69, 9.17) is 5.73 Å². The van der Waals surface area contributed by atoms with E-state index in [2.05, 4.69) is 25.7 Å². The van der Waals surface area contributed by atoms with Gasteiger partial charge in [0, 0.05) is 19.5 Å². The average molecular weight is 183 g/mol. The van der Waals surface area contributed by atoms with Crippen LogP contribution < -0.4 is 5.73 Å². The maximum atomic E-state index is 5.52. The number of hydrazone groups is 1. The Hall–Kier alpha value is -0.990. The average Bonchev–Trinajstić information content (AvgIpc) is 2.17. The lowest BCUT2D eigenvalue weighted by atomic mass is 10.2. The number of hydrogen-bond acceptors (Lipinski definition) is 3. The van der Waals surface area contributed by atoms with E-state index >= 15 is 0 Å². The van der Waals surface area contributed by atoms with Crippen LogP contribution in [0.3, 0.4) is 0 Å². The molecule has 0 amide bonds. The quantitative estimate of drug-likeness (QED) is 0.486. The second kappa shape index (κ2) is 7.65. The SMILES string of the molecule is C=NN(CCCC)/C(=C\N)CCC. The van der Waals surface area contributed by atoms with Crippen molar-refractivity contribution in [3.63, 3.8) is 0 Å². The van der Waals surface area contributed by atoms with Crippen molar-refractivity contribution in [2.24, 2.45) is 10.8 Å². The summed E-state index contributed by atoms with van der Waals surface area (Å²) in [7, 11) is 0. The van der Waals surface area contributed by atoms with Crippen molar-refractivity contribution >= 4 is 6.72 Å². The first-order valence-corrected chi connectivity index (χ1v) is 4.95. The third-order valence-electron chi connectivity index (χ3n) is 1.92. The van der Waals surface area contributed by atoms with E-state index in [-0.39, 0.29) is 0 Å². The molecule has 0 saturated carbocycles. The Morgan fingerprint density at radius 2 is 2.15 bits per heavy atom. The van der Waals surface area contributed by atoms with Gasteiger partial charge in [0.1, 0.15) is 0 Å². The van der Waals surface area contributed by atoms with E-state index < -0.39 is 0 Å². The summed E-state index contributed by atoms with van der Waals surface area (Å²) < 4.78 is 0. The number of unbranched alkanes of at least 4 members (excludes halogenated alkanes) is 1. The highest BCUT2D eigenvalue weighted by Crippen LogP contribution is 2.11. The smallest absolute Gasteiger partial charge is 0.0521 e. The summed E-state index contributed by atoms with van der Waals surface area (Å²) in [6, 6.07) is 0. The largest absolute Gasteiger partial charge is 0.403 e. The minimum Gasteiger partial charge on any atom is -0.403 e. The molecule has 0 aliphatic rings. The van der Waals surface area contributed by atoms with E-state index in [1.165, 1.54) is 0 Å². The van der Waals surface area contributed by atoms with E-state index in [9.17, 15) is 0 Å². The normalized spacial score (nSPS) is 11.4. The zero-order chi connectivity index (χ0) is 10.1. The Balaban J connectivity index is 4.09. The van der Waals surface area contributed by atoms with Crippen molar-refractivity contribution in [2.75, 3.05) is 6.54 Å². The zero-order valence-corrected chi connectivity index (χ0v) is 8.79.